The first kappa shape index (κ1) is 13.5. The molecule has 106 valence electrons. The molecule has 1 saturated heterocycles. The van der Waals surface area contributed by atoms with Crippen LogP contribution >= 0.6 is 11.7 Å². The third kappa shape index (κ3) is 2.41. The summed E-state index contributed by atoms with van der Waals surface area (Å²) in [5, 5.41) is 0. The highest BCUT2D eigenvalue weighted by atomic mass is 32.1. The summed E-state index contributed by atoms with van der Waals surface area (Å²) in [6, 6.07) is 5.92. The highest BCUT2D eigenvalue weighted by molar-refractivity contribution is 7.00. The van der Waals surface area contributed by atoms with E-state index in [1.807, 2.05) is 32.2 Å². The highest BCUT2D eigenvalue weighted by Gasteiger charge is 2.39. The SMILES string of the molecule is CN(Cc1ccc2nsnc2c1)C(=O)C1(C)CCCO1. The second kappa shape index (κ2) is 5.10. The fraction of sp³-hybridized carbons (Fsp3) is 0.500. The smallest absolute Gasteiger partial charge is 0.254 e. The number of ether oxygens (including phenoxy) is 1. The second-order valence-electron chi connectivity index (χ2n) is 5.43. The monoisotopic (exact) mass is 291 g/mol. The highest BCUT2D eigenvalue weighted by Crippen LogP contribution is 2.27. The van der Waals surface area contributed by atoms with Crippen molar-refractivity contribution in [1.82, 2.24) is 13.6 Å². The molecular formula is C14H17N3O2S. The molecule has 1 aliphatic rings. The van der Waals surface area contributed by atoms with E-state index in [9.17, 15) is 4.79 Å². The van der Waals surface area contributed by atoms with Gasteiger partial charge < -0.3 is 9.64 Å². The quantitative estimate of drug-likeness (QED) is 0.870. The topological polar surface area (TPSA) is 55.3 Å². The zero-order chi connectivity index (χ0) is 14.2. The van der Waals surface area contributed by atoms with Crippen molar-refractivity contribution in [3.63, 3.8) is 0 Å². The number of hydrogen-bond donors (Lipinski definition) is 0. The van der Waals surface area contributed by atoms with E-state index in [2.05, 4.69) is 8.75 Å². The third-order valence-corrected chi connectivity index (χ3v) is 4.31. The van der Waals surface area contributed by atoms with Crippen LogP contribution in [0.25, 0.3) is 11.0 Å². The van der Waals surface area contributed by atoms with Crippen LogP contribution in [0.15, 0.2) is 18.2 Å². The molecule has 6 heteroatoms. The number of fused-ring (bicyclic) bond motifs is 1. The maximum atomic E-state index is 12.5. The molecule has 5 nitrogen and oxygen atoms in total. The van der Waals surface area contributed by atoms with E-state index >= 15 is 0 Å². The van der Waals surface area contributed by atoms with Gasteiger partial charge in [-0.15, -0.1) is 0 Å². The molecule has 3 rings (SSSR count). The molecule has 1 amide bonds. The summed E-state index contributed by atoms with van der Waals surface area (Å²) in [4.78, 5) is 14.2. The number of amides is 1. The van der Waals surface area contributed by atoms with E-state index in [0.29, 0.717) is 13.2 Å². The largest absolute Gasteiger partial charge is 0.365 e. The maximum Gasteiger partial charge on any atom is 0.254 e. The summed E-state index contributed by atoms with van der Waals surface area (Å²) in [5.41, 5.74) is 2.19. The molecule has 1 aromatic heterocycles. The van der Waals surface area contributed by atoms with Gasteiger partial charge in [0.2, 0.25) is 0 Å². The molecule has 20 heavy (non-hydrogen) atoms. The minimum absolute atomic E-state index is 0.0477. The predicted octanol–water partition coefficient (Wildman–Crippen LogP) is 2.22. The Kier molecular flexibility index (Phi) is 3.43. The summed E-state index contributed by atoms with van der Waals surface area (Å²) < 4.78 is 14.0. The Hall–Kier alpha value is -1.53. The summed E-state index contributed by atoms with van der Waals surface area (Å²) in [7, 11) is 1.82. The van der Waals surface area contributed by atoms with Crippen LogP contribution in [-0.2, 0) is 16.1 Å². The molecule has 0 aliphatic carbocycles. The predicted molar refractivity (Wildman–Crippen MR) is 77.5 cm³/mol. The fourth-order valence-corrected chi connectivity index (χ4v) is 3.14. The van der Waals surface area contributed by atoms with Crippen LogP contribution in [0.2, 0.25) is 0 Å². The van der Waals surface area contributed by atoms with Gasteiger partial charge in [0.15, 0.2) is 0 Å². The van der Waals surface area contributed by atoms with Gasteiger partial charge in [0.1, 0.15) is 16.6 Å². The zero-order valence-corrected chi connectivity index (χ0v) is 12.4. The van der Waals surface area contributed by atoms with Crippen LogP contribution in [0.4, 0.5) is 0 Å². The normalized spacial score (nSPS) is 22.3. The van der Waals surface area contributed by atoms with Gasteiger partial charge >= 0.3 is 0 Å². The van der Waals surface area contributed by atoms with Crippen molar-refractivity contribution >= 4 is 28.7 Å². The van der Waals surface area contributed by atoms with E-state index < -0.39 is 5.60 Å². The average Bonchev–Trinajstić information content (AvgIpc) is 3.06. The fourth-order valence-electron chi connectivity index (χ4n) is 2.62. The van der Waals surface area contributed by atoms with Gasteiger partial charge in [0.05, 0.1) is 11.7 Å². The lowest BCUT2D eigenvalue weighted by Gasteiger charge is -2.28. The lowest BCUT2D eigenvalue weighted by molar-refractivity contribution is -0.150. The number of aromatic nitrogens is 2. The molecule has 0 bridgehead atoms. The van der Waals surface area contributed by atoms with Crippen molar-refractivity contribution in [2.24, 2.45) is 0 Å². The van der Waals surface area contributed by atoms with Crippen molar-refractivity contribution in [2.75, 3.05) is 13.7 Å². The minimum atomic E-state index is -0.652. The summed E-state index contributed by atoms with van der Waals surface area (Å²) in [6.45, 7) is 3.12. The number of rotatable bonds is 3. The van der Waals surface area contributed by atoms with Crippen molar-refractivity contribution < 1.29 is 9.53 Å². The van der Waals surface area contributed by atoms with Crippen LogP contribution < -0.4 is 0 Å². The van der Waals surface area contributed by atoms with Crippen LogP contribution in [0.5, 0.6) is 0 Å². The van der Waals surface area contributed by atoms with Crippen molar-refractivity contribution in [1.29, 1.82) is 0 Å². The van der Waals surface area contributed by atoms with Crippen molar-refractivity contribution in [3.8, 4) is 0 Å². The first-order valence-electron chi connectivity index (χ1n) is 6.69. The first-order valence-corrected chi connectivity index (χ1v) is 7.42. The molecule has 1 fully saturated rings. The van der Waals surface area contributed by atoms with Crippen LogP contribution in [0, 0.1) is 0 Å². The number of carbonyl (C=O) groups excluding carboxylic acids is 1. The molecule has 1 atom stereocenters. The standard InChI is InChI=1S/C14H17N3O2S/c1-14(6-3-7-19-14)13(18)17(2)9-10-4-5-11-12(8-10)16-20-15-11/h4-5,8H,3,6-7,9H2,1-2H3. The van der Waals surface area contributed by atoms with Gasteiger partial charge in [-0.3, -0.25) is 4.79 Å². The van der Waals surface area contributed by atoms with E-state index in [-0.39, 0.29) is 5.91 Å². The van der Waals surface area contributed by atoms with Gasteiger partial charge in [-0.25, -0.2) is 0 Å². The van der Waals surface area contributed by atoms with E-state index in [0.717, 1.165) is 29.4 Å². The number of nitrogens with zero attached hydrogens (tertiary/aromatic N) is 3. The van der Waals surface area contributed by atoms with Gasteiger partial charge in [0, 0.05) is 20.2 Å². The Morgan fingerprint density at radius 1 is 1.45 bits per heavy atom. The van der Waals surface area contributed by atoms with Gasteiger partial charge in [-0.05, 0) is 37.5 Å². The van der Waals surface area contributed by atoms with Gasteiger partial charge in [-0.1, -0.05) is 6.07 Å². The summed E-state index contributed by atoms with van der Waals surface area (Å²) >= 11 is 1.21. The van der Waals surface area contributed by atoms with Crippen molar-refractivity contribution in [2.45, 2.75) is 31.9 Å². The first-order chi connectivity index (χ1) is 9.58. The van der Waals surface area contributed by atoms with Gasteiger partial charge in [-0.2, -0.15) is 8.75 Å². The minimum Gasteiger partial charge on any atom is -0.365 e. The number of likely N-dealkylation sites (N-methyl/N-ethyl adjacent to an activating group) is 1. The van der Waals surface area contributed by atoms with E-state index in [1.165, 1.54) is 11.7 Å². The van der Waals surface area contributed by atoms with Crippen LogP contribution in [0.1, 0.15) is 25.3 Å². The third-order valence-electron chi connectivity index (χ3n) is 3.76. The maximum absolute atomic E-state index is 12.5. The van der Waals surface area contributed by atoms with E-state index in [4.69, 9.17) is 4.74 Å². The second-order valence-corrected chi connectivity index (χ2v) is 5.96. The Bertz CT molecular complexity index is 634. The van der Waals surface area contributed by atoms with E-state index in [1.54, 1.807) is 4.90 Å². The van der Waals surface area contributed by atoms with Gasteiger partial charge in [0.25, 0.3) is 5.91 Å². The molecule has 0 saturated carbocycles. The number of carbonyl (C=O) groups is 1. The number of benzene rings is 1. The summed E-state index contributed by atoms with van der Waals surface area (Å²) in [6.07, 6.45) is 1.75. The van der Waals surface area contributed by atoms with Crippen molar-refractivity contribution in [3.05, 3.63) is 23.8 Å². The Balaban J connectivity index is 1.74. The molecule has 1 aromatic carbocycles. The molecule has 2 aromatic rings. The zero-order valence-electron chi connectivity index (χ0n) is 11.6. The molecular weight excluding hydrogens is 274 g/mol. The lowest BCUT2D eigenvalue weighted by atomic mass is 10.0. The molecule has 0 spiro atoms. The number of hydrogen-bond acceptors (Lipinski definition) is 5. The Morgan fingerprint density at radius 2 is 2.25 bits per heavy atom. The van der Waals surface area contributed by atoms with Crippen LogP contribution in [-0.4, -0.2) is 38.8 Å². The Labute approximate surface area is 121 Å². The molecule has 0 N–H and O–H groups in total. The molecule has 0 radical (unpaired) electrons. The average molecular weight is 291 g/mol. The molecule has 2 heterocycles. The molecule has 1 unspecified atom stereocenters. The molecule has 1 aliphatic heterocycles. The summed E-state index contributed by atoms with van der Waals surface area (Å²) in [5.74, 6) is 0.0477. The Morgan fingerprint density at radius 3 is 3.00 bits per heavy atom. The van der Waals surface area contributed by atoms with Crippen LogP contribution in [0.3, 0.4) is 0 Å². The lowest BCUT2D eigenvalue weighted by Crippen LogP contribution is -2.44.